The predicted molar refractivity (Wildman–Crippen MR) is 133 cm³/mol. The molecule has 0 spiro atoms. The molecule has 0 radical (unpaired) electrons. The number of ketones is 1. The van der Waals surface area contributed by atoms with E-state index >= 15 is 0 Å². The average molecular weight is 474 g/mol. The lowest BCUT2D eigenvalue weighted by Gasteiger charge is -2.60. The third-order valence-corrected chi connectivity index (χ3v) is 8.39. The Morgan fingerprint density at radius 2 is 1.73 bits per heavy atom. The van der Waals surface area contributed by atoms with E-state index in [1.54, 1.807) is 6.07 Å². The molecule has 5 rings (SSSR count). The van der Waals surface area contributed by atoms with Gasteiger partial charge in [-0.05, 0) is 106 Å². The lowest BCUT2D eigenvalue weighted by Crippen LogP contribution is -2.63. The molecule has 2 unspecified atom stereocenters. The average Bonchev–Trinajstić information content (AvgIpc) is 2.64. The van der Waals surface area contributed by atoms with Crippen molar-refractivity contribution in [2.24, 2.45) is 29.1 Å². The van der Waals surface area contributed by atoms with Gasteiger partial charge < -0.3 is 10.1 Å². The summed E-state index contributed by atoms with van der Waals surface area (Å²) in [4.78, 5) is 26.2. The Morgan fingerprint density at radius 3 is 2.30 bits per heavy atom. The van der Waals surface area contributed by atoms with Crippen molar-refractivity contribution in [3.05, 3.63) is 28.8 Å². The molecule has 2 atom stereocenters. The number of hydrogen-bond acceptors (Lipinski definition) is 3. The Bertz CT molecular complexity index is 916. The summed E-state index contributed by atoms with van der Waals surface area (Å²) in [5.41, 5.74) is -0.00240. The maximum atomic E-state index is 13.4. The second-order valence-corrected chi connectivity index (χ2v) is 13.3. The fourth-order valence-electron chi connectivity index (χ4n) is 6.96. The minimum absolute atomic E-state index is 0.00461. The second kappa shape index (κ2) is 8.59. The number of hydrogen-bond donors (Lipinski definition) is 1. The van der Waals surface area contributed by atoms with Crippen molar-refractivity contribution in [2.75, 3.05) is 0 Å². The third kappa shape index (κ3) is 5.42. The van der Waals surface area contributed by atoms with Crippen LogP contribution < -0.4 is 10.1 Å². The highest BCUT2D eigenvalue weighted by Gasteiger charge is 2.56. The van der Waals surface area contributed by atoms with Gasteiger partial charge >= 0.3 is 0 Å². The van der Waals surface area contributed by atoms with Crippen molar-refractivity contribution in [1.29, 1.82) is 0 Å². The summed E-state index contributed by atoms with van der Waals surface area (Å²) in [5, 5.41) is 4.14. The Kier molecular flexibility index (Phi) is 6.40. The van der Waals surface area contributed by atoms with E-state index in [2.05, 4.69) is 26.1 Å². The van der Waals surface area contributed by atoms with Crippen molar-refractivity contribution >= 4 is 23.3 Å². The van der Waals surface area contributed by atoms with E-state index in [-0.39, 0.29) is 22.6 Å². The molecule has 33 heavy (non-hydrogen) atoms. The van der Waals surface area contributed by atoms with Gasteiger partial charge in [0.05, 0.1) is 0 Å². The molecule has 4 bridgehead atoms. The Balaban J connectivity index is 1.42. The topological polar surface area (TPSA) is 55.4 Å². The van der Waals surface area contributed by atoms with Crippen LogP contribution in [-0.4, -0.2) is 22.8 Å². The molecule has 0 heterocycles. The molecular formula is C28H40ClNO3. The van der Waals surface area contributed by atoms with E-state index in [9.17, 15) is 9.59 Å². The fourth-order valence-corrected chi connectivity index (χ4v) is 7.18. The molecule has 4 fully saturated rings. The van der Waals surface area contributed by atoms with Crippen molar-refractivity contribution in [1.82, 2.24) is 5.32 Å². The summed E-state index contributed by atoms with van der Waals surface area (Å²) in [6.45, 7) is 12.1. The summed E-state index contributed by atoms with van der Waals surface area (Å²) in [5.74, 6) is 3.18. The quantitative estimate of drug-likeness (QED) is 0.490. The minimum Gasteiger partial charge on any atom is -0.480 e. The van der Waals surface area contributed by atoms with Gasteiger partial charge in [0.15, 0.2) is 11.4 Å². The predicted octanol–water partition coefficient (Wildman–Crippen LogP) is 6.51. The second-order valence-electron chi connectivity index (χ2n) is 12.8. The Hall–Kier alpha value is -1.55. The molecule has 4 nitrogen and oxygen atoms in total. The number of amides is 1. The highest BCUT2D eigenvalue weighted by molar-refractivity contribution is 6.30. The third-order valence-electron chi connectivity index (χ3n) is 8.16. The fraction of sp³-hybridized carbons (Fsp3) is 0.714. The highest BCUT2D eigenvalue weighted by Crippen LogP contribution is 2.59. The first-order valence-corrected chi connectivity index (χ1v) is 12.9. The molecule has 4 aliphatic carbocycles. The van der Waals surface area contributed by atoms with Crippen LogP contribution in [0.5, 0.6) is 5.75 Å². The number of ether oxygens (including phenoxy) is 1. The summed E-state index contributed by atoms with van der Waals surface area (Å²) < 4.78 is 6.20. The van der Waals surface area contributed by atoms with Gasteiger partial charge in [0.25, 0.3) is 0 Å². The van der Waals surface area contributed by atoms with Crippen LogP contribution in [0, 0.1) is 36.0 Å². The van der Waals surface area contributed by atoms with Crippen LogP contribution >= 0.6 is 11.6 Å². The largest absolute Gasteiger partial charge is 0.480 e. The lowest BCUT2D eigenvalue weighted by molar-refractivity contribution is -0.141. The first kappa shape index (κ1) is 24.6. The number of nitrogens with one attached hydrogen (secondary N) is 1. The number of rotatable bonds is 7. The Labute approximate surface area is 204 Å². The van der Waals surface area contributed by atoms with Crippen LogP contribution in [0.2, 0.25) is 5.02 Å². The van der Waals surface area contributed by atoms with Gasteiger partial charge in [0.2, 0.25) is 5.91 Å². The first-order valence-electron chi connectivity index (χ1n) is 12.5. The number of carbonyl (C=O) groups is 2. The number of aryl methyl sites for hydroxylation is 1. The summed E-state index contributed by atoms with van der Waals surface area (Å²) in [6.07, 6.45) is 6.67. The molecule has 1 aromatic rings. The lowest BCUT2D eigenvalue weighted by atomic mass is 9.48. The first-order chi connectivity index (χ1) is 15.3. The van der Waals surface area contributed by atoms with E-state index in [1.165, 1.54) is 12.8 Å². The van der Waals surface area contributed by atoms with Gasteiger partial charge in [-0.25, -0.2) is 0 Å². The van der Waals surface area contributed by atoms with Crippen LogP contribution in [0.15, 0.2) is 18.2 Å². The number of halogens is 1. The molecule has 0 aromatic heterocycles. The molecule has 5 heteroatoms. The zero-order chi connectivity index (χ0) is 24.2. The van der Waals surface area contributed by atoms with Gasteiger partial charge in [-0.15, -0.1) is 0 Å². The van der Waals surface area contributed by atoms with Crippen LogP contribution in [-0.2, 0) is 9.59 Å². The zero-order valence-corrected chi connectivity index (χ0v) is 21.8. The maximum absolute atomic E-state index is 13.4. The van der Waals surface area contributed by atoms with E-state index in [1.807, 2.05) is 32.9 Å². The molecule has 1 amide bonds. The van der Waals surface area contributed by atoms with Crippen molar-refractivity contribution in [3.63, 3.8) is 0 Å². The number of benzene rings is 1. The molecule has 0 saturated heterocycles. The molecule has 4 saturated carbocycles. The molecule has 4 aliphatic rings. The van der Waals surface area contributed by atoms with E-state index in [0.717, 1.165) is 24.8 Å². The highest BCUT2D eigenvalue weighted by atomic mass is 35.5. The SMILES string of the molecule is Cc1cc(Cl)ccc1OC(C)(C)C(=O)CC1C2CC3CC1CC(NC(=O)CC(C)(C)C)(C3)C2. The van der Waals surface area contributed by atoms with Crippen LogP contribution in [0.3, 0.4) is 0 Å². The summed E-state index contributed by atoms with van der Waals surface area (Å²) in [6, 6.07) is 5.51. The van der Waals surface area contributed by atoms with Gasteiger partial charge in [-0.1, -0.05) is 32.4 Å². The van der Waals surface area contributed by atoms with E-state index in [0.29, 0.717) is 47.3 Å². The monoisotopic (exact) mass is 473 g/mol. The number of Topliss-reactive ketones (excluding diaryl/α,β-unsaturated/α-hetero) is 1. The molecule has 1 aromatic carbocycles. The number of carbonyl (C=O) groups excluding carboxylic acids is 2. The Morgan fingerprint density at radius 1 is 1.09 bits per heavy atom. The van der Waals surface area contributed by atoms with Gasteiger partial charge in [-0.2, -0.15) is 0 Å². The molecule has 0 aliphatic heterocycles. The van der Waals surface area contributed by atoms with E-state index < -0.39 is 5.60 Å². The zero-order valence-electron chi connectivity index (χ0n) is 21.1. The van der Waals surface area contributed by atoms with Crippen molar-refractivity contribution in [2.45, 2.75) is 97.6 Å². The molecule has 182 valence electrons. The van der Waals surface area contributed by atoms with Gasteiger partial charge in [0.1, 0.15) is 5.75 Å². The van der Waals surface area contributed by atoms with Gasteiger partial charge in [0, 0.05) is 23.4 Å². The van der Waals surface area contributed by atoms with E-state index in [4.69, 9.17) is 16.3 Å². The van der Waals surface area contributed by atoms with Crippen LogP contribution in [0.1, 0.15) is 85.1 Å². The normalized spacial score (nSPS) is 30.9. The molecular weight excluding hydrogens is 434 g/mol. The van der Waals surface area contributed by atoms with Crippen LogP contribution in [0.4, 0.5) is 0 Å². The summed E-state index contributed by atoms with van der Waals surface area (Å²) in [7, 11) is 0. The smallest absolute Gasteiger partial charge is 0.220 e. The minimum atomic E-state index is -0.883. The van der Waals surface area contributed by atoms with Crippen LogP contribution in [0.25, 0.3) is 0 Å². The maximum Gasteiger partial charge on any atom is 0.220 e. The molecule has 1 N–H and O–H groups in total. The van der Waals surface area contributed by atoms with Gasteiger partial charge in [-0.3, -0.25) is 9.59 Å². The van der Waals surface area contributed by atoms with Crippen molar-refractivity contribution < 1.29 is 14.3 Å². The standard InChI is InChI=1S/C28H40ClNO3/c1-17-9-21(29)7-8-23(17)33-27(5,6)24(31)12-22-19-10-18-11-20(22)15-28(13-18,14-19)30-25(32)16-26(2,3)4/h7-9,18-20,22H,10-16H2,1-6H3,(H,30,32). The van der Waals surface area contributed by atoms with Crippen molar-refractivity contribution in [3.8, 4) is 5.75 Å². The summed E-state index contributed by atoms with van der Waals surface area (Å²) >= 11 is 6.07.